The molecular formula is C27H34N6O3S. The van der Waals surface area contributed by atoms with Gasteiger partial charge >= 0.3 is 0 Å². The molecule has 0 bridgehead atoms. The molecule has 0 spiro atoms. The van der Waals surface area contributed by atoms with E-state index in [1.165, 1.54) is 0 Å². The van der Waals surface area contributed by atoms with Crippen molar-refractivity contribution in [2.75, 3.05) is 31.5 Å². The SMILES string of the molecule is COc1cc(OC)cc(C(C)Nc2nc(C)c(-c3nc4c(s3)C=CNC4)c(N[C@H]3CC[C@@H](CO)C3)n2)c1. The Morgan fingerprint density at radius 1 is 1.14 bits per heavy atom. The van der Waals surface area contributed by atoms with Crippen molar-refractivity contribution < 1.29 is 14.6 Å². The van der Waals surface area contributed by atoms with Crippen molar-refractivity contribution in [2.45, 2.75) is 51.7 Å². The van der Waals surface area contributed by atoms with E-state index in [2.05, 4.69) is 29.0 Å². The number of ether oxygens (including phenoxy) is 2. The number of rotatable bonds is 9. The van der Waals surface area contributed by atoms with Crippen molar-refractivity contribution in [1.82, 2.24) is 20.3 Å². The average molecular weight is 523 g/mol. The second-order valence-electron chi connectivity index (χ2n) is 9.62. The van der Waals surface area contributed by atoms with Gasteiger partial charge in [-0.05, 0) is 69.0 Å². The Hall–Kier alpha value is -3.37. The van der Waals surface area contributed by atoms with E-state index in [9.17, 15) is 5.11 Å². The summed E-state index contributed by atoms with van der Waals surface area (Å²) in [5, 5.41) is 20.9. The van der Waals surface area contributed by atoms with Gasteiger partial charge in [0.15, 0.2) is 0 Å². The summed E-state index contributed by atoms with van der Waals surface area (Å²) in [5.41, 5.74) is 3.83. The first-order valence-corrected chi connectivity index (χ1v) is 13.4. The summed E-state index contributed by atoms with van der Waals surface area (Å²) < 4.78 is 10.9. The lowest BCUT2D eigenvalue weighted by Gasteiger charge is -2.20. The van der Waals surface area contributed by atoms with Gasteiger partial charge in [0, 0.05) is 18.7 Å². The van der Waals surface area contributed by atoms with Crippen LogP contribution >= 0.6 is 11.3 Å². The highest BCUT2D eigenvalue weighted by molar-refractivity contribution is 7.16. The highest BCUT2D eigenvalue weighted by Crippen LogP contribution is 2.38. The number of nitrogens with one attached hydrogen (secondary N) is 3. The fraction of sp³-hybridized carbons (Fsp3) is 0.444. The van der Waals surface area contributed by atoms with Crippen LogP contribution in [0, 0.1) is 12.8 Å². The number of nitrogens with zero attached hydrogens (tertiary/aromatic N) is 3. The molecule has 1 saturated carbocycles. The molecule has 1 fully saturated rings. The molecule has 196 valence electrons. The lowest BCUT2D eigenvalue weighted by Crippen LogP contribution is -2.20. The third kappa shape index (κ3) is 5.50. The van der Waals surface area contributed by atoms with Gasteiger partial charge in [0.05, 0.1) is 48.6 Å². The normalized spacial score (nSPS) is 19.2. The smallest absolute Gasteiger partial charge is 0.225 e. The first kappa shape index (κ1) is 25.3. The lowest BCUT2D eigenvalue weighted by molar-refractivity contribution is 0.229. The largest absolute Gasteiger partial charge is 0.497 e. The molecule has 9 nitrogen and oxygen atoms in total. The third-order valence-corrected chi connectivity index (χ3v) is 8.09. The first-order valence-electron chi connectivity index (χ1n) is 12.6. The number of fused-ring (bicyclic) bond motifs is 1. The highest BCUT2D eigenvalue weighted by Gasteiger charge is 2.27. The van der Waals surface area contributed by atoms with Crippen molar-refractivity contribution in [3.8, 4) is 22.1 Å². The van der Waals surface area contributed by atoms with Crippen molar-refractivity contribution in [3.05, 3.63) is 46.2 Å². The van der Waals surface area contributed by atoms with Gasteiger partial charge in [0.25, 0.3) is 0 Å². The number of aliphatic hydroxyl groups is 1. The third-order valence-electron chi connectivity index (χ3n) is 7.01. The van der Waals surface area contributed by atoms with E-state index in [4.69, 9.17) is 24.4 Å². The minimum atomic E-state index is -0.0873. The van der Waals surface area contributed by atoms with E-state index >= 15 is 0 Å². The van der Waals surface area contributed by atoms with Gasteiger partial charge in [-0.3, -0.25) is 0 Å². The molecule has 3 aromatic rings. The number of aryl methyl sites for hydroxylation is 1. The second kappa shape index (κ2) is 10.9. The number of anilines is 2. The Kier molecular flexibility index (Phi) is 7.48. The first-order chi connectivity index (χ1) is 18.0. The van der Waals surface area contributed by atoms with Gasteiger partial charge in [-0.1, -0.05) is 0 Å². The Morgan fingerprint density at radius 2 is 1.92 bits per heavy atom. The minimum absolute atomic E-state index is 0.0873. The van der Waals surface area contributed by atoms with Crippen LogP contribution in [-0.2, 0) is 6.54 Å². The van der Waals surface area contributed by atoms with Crippen molar-refractivity contribution in [1.29, 1.82) is 0 Å². The quantitative estimate of drug-likeness (QED) is 0.316. The summed E-state index contributed by atoms with van der Waals surface area (Å²) in [4.78, 5) is 15.9. The summed E-state index contributed by atoms with van der Waals surface area (Å²) in [7, 11) is 3.29. The number of hydrogen-bond donors (Lipinski definition) is 4. The van der Waals surface area contributed by atoms with Crippen molar-refractivity contribution in [2.24, 2.45) is 5.92 Å². The standard InChI is InChI=1S/C27H34N6O3S/c1-15(18-10-20(35-3)12-21(11-18)36-4)29-27-30-16(2)24(26-32-22-13-28-8-7-23(22)37-26)25(33-27)31-19-6-5-17(9-19)14-34/h7-8,10-12,15,17,19,28,34H,5-6,9,13-14H2,1-4H3,(H2,29,30,31,33)/t15?,17-,19+/m1/s1. The number of thiazole rings is 1. The molecule has 1 aliphatic heterocycles. The number of aliphatic hydroxyl groups excluding tert-OH is 1. The molecule has 1 aliphatic carbocycles. The molecule has 0 saturated heterocycles. The second-order valence-corrected chi connectivity index (χ2v) is 10.6. The number of hydrogen-bond acceptors (Lipinski definition) is 10. The zero-order valence-corrected chi connectivity index (χ0v) is 22.5. The molecule has 1 unspecified atom stereocenters. The number of aromatic nitrogens is 3. The highest BCUT2D eigenvalue weighted by atomic mass is 32.1. The number of methoxy groups -OCH3 is 2. The maximum absolute atomic E-state index is 9.64. The van der Waals surface area contributed by atoms with Crippen LogP contribution in [0.25, 0.3) is 16.6 Å². The topological polar surface area (TPSA) is 113 Å². The van der Waals surface area contributed by atoms with Gasteiger partial charge in [-0.25, -0.2) is 9.97 Å². The average Bonchev–Trinajstić information content (AvgIpc) is 3.54. The van der Waals surface area contributed by atoms with E-state index in [1.807, 2.05) is 31.3 Å². The molecule has 2 aromatic heterocycles. The van der Waals surface area contributed by atoms with Gasteiger partial charge in [-0.15, -0.1) is 11.3 Å². The van der Waals surface area contributed by atoms with E-state index < -0.39 is 0 Å². The summed E-state index contributed by atoms with van der Waals surface area (Å²) in [5.74, 6) is 3.10. The van der Waals surface area contributed by atoms with Crippen LogP contribution in [0.2, 0.25) is 0 Å². The van der Waals surface area contributed by atoms with Crippen molar-refractivity contribution >= 4 is 29.2 Å². The molecule has 37 heavy (non-hydrogen) atoms. The molecule has 2 aliphatic rings. The zero-order valence-electron chi connectivity index (χ0n) is 21.7. The van der Waals surface area contributed by atoms with Crippen LogP contribution in [-0.4, -0.2) is 46.9 Å². The van der Waals surface area contributed by atoms with Crippen LogP contribution in [0.15, 0.2) is 24.4 Å². The van der Waals surface area contributed by atoms with E-state index in [1.54, 1.807) is 25.6 Å². The molecule has 10 heteroatoms. The Bertz CT molecular complexity index is 1270. The minimum Gasteiger partial charge on any atom is -0.497 e. The van der Waals surface area contributed by atoms with Gasteiger partial charge in [-0.2, -0.15) is 4.98 Å². The molecule has 5 rings (SSSR count). The van der Waals surface area contributed by atoms with Crippen LogP contribution in [0.4, 0.5) is 11.8 Å². The Balaban J connectivity index is 1.48. The van der Waals surface area contributed by atoms with E-state index in [-0.39, 0.29) is 18.7 Å². The molecule has 3 atom stereocenters. The molecule has 4 N–H and O–H groups in total. The number of benzene rings is 1. The Labute approximate surface area is 221 Å². The predicted octanol–water partition coefficient (Wildman–Crippen LogP) is 4.75. The Morgan fingerprint density at radius 3 is 2.59 bits per heavy atom. The molecular weight excluding hydrogens is 488 g/mol. The van der Waals surface area contributed by atoms with Crippen LogP contribution in [0.1, 0.15) is 54.1 Å². The molecule has 0 radical (unpaired) electrons. The summed E-state index contributed by atoms with van der Waals surface area (Å²) in [6.45, 7) is 5.00. The summed E-state index contributed by atoms with van der Waals surface area (Å²) in [6, 6.07) is 5.98. The van der Waals surface area contributed by atoms with Crippen LogP contribution < -0.4 is 25.4 Å². The lowest BCUT2D eigenvalue weighted by atomic mass is 10.1. The fourth-order valence-electron chi connectivity index (χ4n) is 4.94. The zero-order chi connectivity index (χ0) is 25.9. The van der Waals surface area contributed by atoms with Crippen LogP contribution in [0.5, 0.6) is 11.5 Å². The molecule has 3 heterocycles. The van der Waals surface area contributed by atoms with E-state index in [0.29, 0.717) is 18.4 Å². The maximum Gasteiger partial charge on any atom is 0.225 e. The van der Waals surface area contributed by atoms with Crippen molar-refractivity contribution in [3.63, 3.8) is 0 Å². The summed E-state index contributed by atoms with van der Waals surface area (Å²) >= 11 is 1.66. The molecule has 0 amide bonds. The maximum atomic E-state index is 9.64. The predicted molar refractivity (Wildman–Crippen MR) is 147 cm³/mol. The van der Waals surface area contributed by atoms with Gasteiger partial charge in [0.1, 0.15) is 22.3 Å². The summed E-state index contributed by atoms with van der Waals surface area (Å²) in [6.07, 6.45) is 6.95. The van der Waals surface area contributed by atoms with Gasteiger partial charge in [0.2, 0.25) is 5.95 Å². The fourth-order valence-corrected chi connectivity index (χ4v) is 6.02. The molecule has 1 aromatic carbocycles. The van der Waals surface area contributed by atoms with Gasteiger partial charge < -0.3 is 30.5 Å². The van der Waals surface area contributed by atoms with Crippen LogP contribution in [0.3, 0.4) is 0 Å². The van der Waals surface area contributed by atoms with E-state index in [0.717, 1.165) is 69.0 Å². The monoisotopic (exact) mass is 522 g/mol.